The summed E-state index contributed by atoms with van der Waals surface area (Å²) in [5.41, 5.74) is 9.21. The number of nitrogens with two attached hydrogens (primary N) is 1. The third-order valence-electron chi connectivity index (χ3n) is 3.15. The maximum atomic E-state index is 11.6. The SMILES string of the molecule is Cc1ccc2nc(-c3ccc(N)cc3)c(C(=O)O)n2c1. The Balaban J connectivity index is 2.32. The van der Waals surface area contributed by atoms with Crippen LogP contribution in [0.3, 0.4) is 0 Å². The number of fused-ring (bicyclic) bond motifs is 1. The highest BCUT2D eigenvalue weighted by Gasteiger charge is 2.19. The highest BCUT2D eigenvalue weighted by Crippen LogP contribution is 2.25. The van der Waals surface area contributed by atoms with Crippen LogP contribution in [0.1, 0.15) is 16.1 Å². The molecule has 0 bridgehead atoms. The molecular formula is C15H13N3O2. The van der Waals surface area contributed by atoms with Crippen molar-refractivity contribution < 1.29 is 9.90 Å². The molecule has 3 aromatic rings. The molecule has 0 aliphatic heterocycles. The Morgan fingerprint density at radius 2 is 1.90 bits per heavy atom. The number of rotatable bonds is 2. The lowest BCUT2D eigenvalue weighted by atomic mass is 10.1. The summed E-state index contributed by atoms with van der Waals surface area (Å²) < 4.78 is 1.60. The Morgan fingerprint density at radius 3 is 2.55 bits per heavy atom. The van der Waals surface area contributed by atoms with Gasteiger partial charge >= 0.3 is 5.97 Å². The summed E-state index contributed by atoms with van der Waals surface area (Å²) in [5, 5.41) is 9.47. The van der Waals surface area contributed by atoms with E-state index in [1.807, 2.05) is 19.1 Å². The Bertz CT molecular complexity index is 804. The number of carboxylic acids is 1. The minimum Gasteiger partial charge on any atom is -0.476 e. The molecule has 100 valence electrons. The van der Waals surface area contributed by atoms with Gasteiger partial charge in [-0.15, -0.1) is 0 Å². The minimum absolute atomic E-state index is 0.161. The van der Waals surface area contributed by atoms with E-state index < -0.39 is 5.97 Å². The fraction of sp³-hybridized carbons (Fsp3) is 0.0667. The van der Waals surface area contributed by atoms with Crippen molar-refractivity contribution in [2.75, 3.05) is 5.73 Å². The molecule has 20 heavy (non-hydrogen) atoms. The van der Waals surface area contributed by atoms with E-state index in [-0.39, 0.29) is 5.69 Å². The van der Waals surface area contributed by atoms with Crippen LogP contribution in [0.5, 0.6) is 0 Å². The molecule has 0 spiro atoms. The average molecular weight is 267 g/mol. The molecule has 3 rings (SSSR count). The molecule has 1 aromatic carbocycles. The molecule has 0 unspecified atom stereocenters. The highest BCUT2D eigenvalue weighted by atomic mass is 16.4. The van der Waals surface area contributed by atoms with Crippen molar-refractivity contribution in [3.8, 4) is 11.3 Å². The number of carboxylic acid groups (broad SMARTS) is 1. The van der Waals surface area contributed by atoms with Crippen LogP contribution in [-0.4, -0.2) is 20.5 Å². The van der Waals surface area contributed by atoms with Gasteiger partial charge < -0.3 is 10.8 Å². The van der Waals surface area contributed by atoms with Gasteiger partial charge in [-0.2, -0.15) is 0 Å². The van der Waals surface area contributed by atoms with Gasteiger partial charge in [0.2, 0.25) is 0 Å². The average Bonchev–Trinajstić information content (AvgIpc) is 2.78. The normalized spacial score (nSPS) is 10.8. The zero-order valence-electron chi connectivity index (χ0n) is 10.9. The number of benzene rings is 1. The number of anilines is 1. The van der Waals surface area contributed by atoms with E-state index in [4.69, 9.17) is 5.73 Å². The molecule has 5 nitrogen and oxygen atoms in total. The molecule has 0 fully saturated rings. The first-order chi connectivity index (χ1) is 9.56. The van der Waals surface area contributed by atoms with E-state index in [1.54, 1.807) is 34.9 Å². The molecule has 0 atom stereocenters. The van der Waals surface area contributed by atoms with Crippen LogP contribution in [0.25, 0.3) is 16.9 Å². The van der Waals surface area contributed by atoms with Crippen molar-refractivity contribution in [3.63, 3.8) is 0 Å². The fourth-order valence-corrected chi connectivity index (χ4v) is 2.20. The molecule has 0 saturated heterocycles. The van der Waals surface area contributed by atoms with Crippen LogP contribution in [0.2, 0.25) is 0 Å². The topological polar surface area (TPSA) is 80.6 Å². The molecule has 0 aliphatic rings. The molecule has 0 aliphatic carbocycles. The van der Waals surface area contributed by atoms with Gasteiger partial charge in [-0.1, -0.05) is 18.2 Å². The van der Waals surface area contributed by atoms with Crippen molar-refractivity contribution >= 4 is 17.3 Å². The van der Waals surface area contributed by atoms with E-state index in [1.165, 1.54) is 0 Å². The summed E-state index contributed by atoms with van der Waals surface area (Å²) in [5.74, 6) is -1.00. The van der Waals surface area contributed by atoms with Crippen LogP contribution < -0.4 is 5.73 Å². The smallest absolute Gasteiger partial charge is 0.355 e. The Kier molecular flexibility index (Phi) is 2.68. The Labute approximate surface area is 115 Å². The van der Waals surface area contributed by atoms with Gasteiger partial charge in [0.25, 0.3) is 0 Å². The second-order valence-corrected chi connectivity index (χ2v) is 4.67. The minimum atomic E-state index is -1.00. The second-order valence-electron chi connectivity index (χ2n) is 4.67. The number of aryl methyl sites for hydroxylation is 1. The summed E-state index contributed by atoms with van der Waals surface area (Å²) in [6.45, 7) is 1.91. The number of aromatic carboxylic acids is 1. The van der Waals surface area contributed by atoms with Gasteiger partial charge in [-0.25, -0.2) is 9.78 Å². The lowest BCUT2D eigenvalue weighted by Crippen LogP contribution is -2.03. The molecular weight excluding hydrogens is 254 g/mol. The van der Waals surface area contributed by atoms with E-state index in [9.17, 15) is 9.90 Å². The summed E-state index contributed by atoms with van der Waals surface area (Å²) in [6.07, 6.45) is 1.77. The molecule has 0 radical (unpaired) electrons. The summed E-state index contributed by atoms with van der Waals surface area (Å²) in [6, 6.07) is 10.7. The van der Waals surface area contributed by atoms with Crippen LogP contribution >= 0.6 is 0 Å². The van der Waals surface area contributed by atoms with Crippen LogP contribution in [0.15, 0.2) is 42.6 Å². The maximum Gasteiger partial charge on any atom is 0.355 e. The number of nitrogen functional groups attached to an aromatic ring is 1. The number of carbonyl (C=O) groups is 1. The largest absolute Gasteiger partial charge is 0.476 e. The standard InChI is InChI=1S/C15H13N3O2/c1-9-2-7-12-17-13(10-3-5-11(16)6-4-10)14(15(19)20)18(12)8-9/h2-8H,16H2,1H3,(H,19,20). The lowest BCUT2D eigenvalue weighted by molar-refractivity contribution is 0.0690. The third-order valence-corrected chi connectivity index (χ3v) is 3.15. The van der Waals surface area contributed by atoms with Crippen molar-refractivity contribution in [2.45, 2.75) is 6.92 Å². The number of hydrogen-bond acceptors (Lipinski definition) is 3. The molecule has 0 amide bonds. The summed E-state index contributed by atoms with van der Waals surface area (Å²) in [4.78, 5) is 16.0. The summed E-state index contributed by atoms with van der Waals surface area (Å²) >= 11 is 0. The molecule has 0 saturated carbocycles. The first kappa shape index (κ1) is 12.2. The van der Waals surface area contributed by atoms with Gasteiger partial charge in [0, 0.05) is 17.4 Å². The van der Waals surface area contributed by atoms with Crippen LogP contribution in [0.4, 0.5) is 5.69 Å². The predicted octanol–water partition coefficient (Wildman–Crippen LogP) is 2.59. The molecule has 2 aromatic heterocycles. The number of imidazole rings is 1. The highest BCUT2D eigenvalue weighted by molar-refractivity contribution is 5.94. The summed E-state index contributed by atoms with van der Waals surface area (Å²) in [7, 11) is 0. The maximum absolute atomic E-state index is 11.6. The Morgan fingerprint density at radius 1 is 1.20 bits per heavy atom. The van der Waals surface area contributed by atoms with Crippen LogP contribution in [0, 0.1) is 6.92 Å². The van der Waals surface area contributed by atoms with Gasteiger partial charge in [0.15, 0.2) is 5.69 Å². The van der Waals surface area contributed by atoms with E-state index in [0.717, 1.165) is 11.1 Å². The van der Waals surface area contributed by atoms with Crippen molar-refractivity contribution in [3.05, 3.63) is 53.9 Å². The van der Waals surface area contributed by atoms with Gasteiger partial charge in [0.1, 0.15) is 11.3 Å². The van der Waals surface area contributed by atoms with E-state index >= 15 is 0 Å². The number of pyridine rings is 1. The molecule has 2 heterocycles. The number of hydrogen-bond donors (Lipinski definition) is 2. The van der Waals surface area contributed by atoms with Crippen molar-refractivity contribution in [1.29, 1.82) is 0 Å². The quantitative estimate of drug-likeness (QED) is 0.699. The second kappa shape index (κ2) is 4.38. The van der Waals surface area contributed by atoms with Gasteiger partial charge in [0.05, 0.1) is 0 Å². The molecule has 3 N–H and O–H groups in total. The zero-order chi connectivity index (χ0) is 14.3. The molecule has 5 heteroatoms. The van der Waals surface area contributed by atoms with E-state index in [0.29, 0.717) is 17.0 Å². The Hall–Kier alpha value is -2.82. The van der Waals surface area contributed by atoms with Gasteiger partial charge in [-0.05, 0) is 30.7 Å². The number of aromatic nitrogens is 2. The third kappa shape index (κ3) is 1.89. The van der Waals surface area contributed by atoms with Gasteiger partial charge in [-0.3, -0.25) is 4.40 Å². The zero-order valence-corrected chi connectivity index (χ0v) is 10.9. The first-order valence-electron chi connectivity index (χ1n) is 6.14. The van der Waals surface area contributed by atoms with E-state index in [2.05, 4.69) is 4.98 Å². The lowest BCUT2D eigenvalue weighted by Gasteiger charge is -2.01. The monoisotopic (exact) mass is 267 g/mol. The predicted molar refractivity (Wildman–Crippen MR) is 76.7 cm³/mol. The first-order valence-corrected chi connectivity index (χ1v) is 6.14. The number of nitrogens with zero attached hydrogens (tertiary/aromatic N) is 2. The van der Waals surface area contributed by atoms with Crippen molar-refractivity contribution in [1.82, 2.24) is 9.38 Å². The van der Waals surface area contributed by atoms with Crippen molar-refractivity contribution in [2.24, 2.45) is 0 Å². The van der Waals surface area contributed by atoms with Crippen LogP contribution in [-0.2, 0) is 0 Å². The fourth-order valence-electron chi connectivity index (χ4n) is 2.20.